The van der Waals surface area contributed by atoms with E-state index >= 15 is 0 Å². The van der Waals surface area contributed by atoms with Crippen molar-refractivity contribution >= 4 is 23.6 Å². The van der Waals surface area contributed by atoms with Gasteiger partial charge >= 0.3 is 6.09 Å². The van der Waals surface area contributed by atoms with Crippen LogP contribution in [0.1, 0.15) is 76.6 Å². The summed E-state index contributed by atoms with van der Waals surface area (Å²) < 4.78 is 5.47. The molecule has 3 amide bonds. The zero-order valence-corrected chi connectivity index (χ0v) is 23.1. The first-order valence-electron chi connectivity index (χ1n) is 13.2. The van der Waals surface area contributed by atoms with E-state index in [9.17, 15) is 14.4 Å². The number of para-hydroxylation sites is 1. The molecule has 0 heterocycles. The second-order valence-corrected chi connectivity index (χ2v) is 11.1. The zero-order chi connectivity index (χ0) is 27.3. The van der Waals surface area contributed by atoms with Gasteiger partial charge in [-0.25, -0.2) is 4.79 Å². The molecule has 2 aromatic carbocycles. The van der Waals surface area contributed by atoms with Gasteiger partial charge in [0.05, 0.1) is 0 Å². The number of nitrogens with one attached hydrogen (secondary N) is 2. The van der Waals surface area contributed by atoms with E-state index in [4.69, 9.17) is 4.74 Å². The fourth-order valence-corrected chi connectivity index (χ4v) is 4.25. The highest BCUT2D eigenvalue weighted by atomic mass is 16.6. The minimum absolute atomic E-state index is 0.0755. The number of carbonyl (C=O) groups is 3. The molecule has 0 bridgehead atoms. The Kier molecular flexibility index (Phi) is 9.00. The molecule has 1 aliphatic rings. The Labute approximate surface area is 221 Å². The standard InChI is InChI=1S/C30H41N3O4/c1-8-20(3)25(32-29(36)37-30(5,6)7)28(35)33(23-17-18-23)26(22-15-13-19(2)14-16-22)27(34)31-24-12-10-9-11-21(24)4/h9-16,20,23,25-26H,8,17-18H2,1-7H3,(H,31,34)(H,32,36). The van der Waals surface area contributed by atoms with E-state index in [-0.39, 0.29) is 23.8 Å². The average molecular weight is 508 g/mol. The van der Waals surface area contributed by atoms with Crippen LogP contribution in [0.5, 0.6) is 0 Å². The second-order valence-electron chi connectivity index (χ2n) is 11.1. The number of amides is 3. The Morgan fingerprint density at radius 2 is 1.65 bits per heavy atom. The second kappa shape index (κ2) is 11.8. The molecule has 2 aromatic rings. The molecule has 37 heavy (non-hydrogen) atoms. The Morgan fingerprint density at radius 3 is 2.19 bits per heavy atom. The molecule has 1 fully saturated rings. The van der Waals surface area contributed by atoms with Crippen LogP contribution in [0.25, 0.3) is 0 Å². The van der Waals surface area contributed by atoms with E-state index < -0.39 is 23.8 Å². The SMILES string of the molecule is CCC(C)C(NC(=O)OC(C)(C)C)C(=O)N(C1CC1)C(C(=O)Nc1ccccc1C)c1ccc(C)cc1. The van der Waals surface area contributed by atoms with Gasteiger partial charge in [0.2, 0.25) is 5.91 Å². The maximum atomic E-state index is 14.2. The van der Waals surface area contributed by atoms with E-state index in [0.717, 1.165) is 29.5 Å². The normalized spacial score (nSPS) is 15.8. The highest BCUT2D eigenvalue weighted by molar-refractivity contribution is 5.99. The first kappa shape index (κ1) is 28.2. The monoisotopic (exact) mass is 507 g/mol. The first-order valence-corrected chi connectivity index (χ1v) is 13.2. The molecule has 0 radical (unpaired) electrons. The molecule has 7 heteroatoms. The highest BCUT2D eigenvalue weighted by Crippen LogP contribution is 2.37. The van der Waals surface area contributed by atoms with Crippen LogP contribution in [-0.2, 0) is 14.3 Å². The smallest absolute Gasteiger partial charge is 0.408 e. The Bertz CT molecular complexity index is 1100. The van der Waals surface area contributed by atoms with Crippen LogP contribution >= 0.6 is 0 Å². The van der Waals surface area contributed by atoms with Crippen LogP contribution in [0.4, 0.5) is 10.5 Å². The Balaban J connectivity index is 2.00. The largest absolute Gasteiger partial charge is 0.444 e. The van der Waals surface area contributed by atoms with Gasteiger partial charge in [0.15, 0.2) is 0 Å². The van der Waals surface area contributed by atoms with Crippen molar-refractivity contribution in [1.29, 1.82) is 0 Å². The van der Waals surface area contributed by atoms with Crippen molar-refractivity contribution in [3.05, 3.63) is 65.2 Å². The molecule has 0 aromatic heterocycles. The molecular formula is C30H41N3O4. The summed E-state index contributed by atoms with van der Waals surface area (Å²) in [6.07, 6.45) is 1.66. The number of anilines is 1. The Morgan fingerprint density at radius 1 is 1.03 bits per heavy atom. The minimum Gasteiger partial charge on any atom is -0.444 e. The summed E-state index contributed by atoms with van der Waals surface area (Å²) in [6, 6.07) is 13.5. The lowest BCUT2D eigenvalue weighted by Crippen LogP contribution is -2.55. The number of benzene rings is 2. The third-order valence-corrected chi connectivity index (χ3v) is 6.67. The summed E-state index contributed by atoms with van der Waals surface area (Å²) >= 11 is 0. The quantitative estimate of drug-likeness (QED) is 0.441. The van der Waals surface area contributed by atoms with Gasteiger partial charge in [-0.1, -0.05) is 68.3 Å². The third kappa shape index (κ3) is 7.57. The number of alkyl carbamates (subject to hydrolysis) is 1. The Hall–Kier alpha value is -3.35. The molecule has 1 aliphatic carbocycles. The van der Waals surface area contributed by atoms with Gasteiger partial charge in [-0.3, -0.25) is 9.59 Å². The van der Waals surface area contributed by atoms with Gasteiger partial charge < -0.3 is 20.3 Å². The molecule has 0 aliphatic heterocycles. The summed E-state index contributed by atoms with van der Waals surface area (Å²) in [7, 11) is 0. The molecule has 7 nitrogen and oxygen atoms in total. The van der Waals surface area contributed by atoms with E-state index in [1.165, 1.54) is 0 Å². The minimum atomic E-state index is -0.841. The van der Waals surface area contributed by atoms with E-state index in [0.29, 0.717) is 12.1 Å². The lowest BCUT2D eigenvalue weighted by molar-refractivity contribution is -0.142. The van der Waals surface area contributed by atoms with Gasteiger partial charge in [-0.05, 0) is 70.6 Å². The van der Waals surface area contributed by atoms with Gasteiger partial charge in [-0.15, -0.1) is 0 Å². The molecular weight excluding hydrogens is 466 g/mol. The molecule has 3 atom stereocenters. The number of nitrogens with zero attached hydrogens (tertiary/aromatic N) is 1. The summed E-state index contributed by atoms with van der Waals surface area (Å²) in [4.78, 5) is 42.5. The van der Waals surface area contributed by atoms with E-state index in [1.54, 1.807) is 25.7 Å². The van der Waals surface area contributed by atoms with Gasteiger partial charge in [0.25, 0.3) is 5.91 Å². The van der Waals surface area contributed by atoms with Crippen molar-refractivity contribution in [2.24, 2.45) is 5.92 Å². The molecule has 0 spiro atoms. The zero-order valence-electron chi connectivity index (χ0n) is 23.1. The summed E-state index contributed by atoms with van der Waals surface area (Å²) in [6.45, 7) is 13.2. The van der Waals surface area contributed by atoms with Crippen LogP contribution in [-0.4, -0.2) is 40.5 Å². The van der Waals surface area contributed by atoms with Crippen LogP contribution in [0, 0.1) is 19.8 Å². The lowest BCUT2D eigenvalue weighted by Gasteiger charge is -2.36. The third-order valence-electron chi connectivity index (χ3n) is 6.67. The van der Waals surface area contributed by atoms with Crippen molar-refractivity contribution < 1.29 is 19.1 Å². The van der Waals surface area contributed by atoms with Crippen molar-refractivity contribution in [1.82, 2.24) is 10.2 Å². The lowest BCUT2D eigenvalue weighted by atomic mass is 9.95. The maximum absolute atomic E-state index is 14.2. The molecule has 2 N–H and O–H groups in total. The van der Waals surface area contributed by atoms with Gasteiger partial charge in [-0.2, -0.15) is 0 Å². The average Bonchev–Trinajstić information content (AvgIpc) is 3.66. The summed E-state index contributed by atoms with van der Waals surface area (Å²) in [5.41, 5.74) is 2.75. The molecule has 0 saturated heterocycles. The van der Waals surface area contributed by atoms with E-state index in [2.05, 4.69) is 10.6 Å². The van der Waals surface area contributed by atoms with Crippen molar-refractivity contribution in [3.63, 3.8) is 0 Å². The van der Waals surface area contributed by atoms with Gasteiger partial charge in [0.1, 0.15) is 17.7 Å². The van der Waals surface area contributed by atoms with Gasteiger partial charge in [0, 0.05) is 11.7 Å². The predicted molar refractivity (Wildman–Crippen MR) is 146 cm³/mol. The number of rotatable bonds is 9. The van der Waals surface area contributed by atoms with Crippen molar-refractivity contribution in [2.45, 2.75) is 91.5 Å². The van der Waals surface area contributed by atoms with E-state index in [1.807, 2.05) is 76.2 Å². The van der Waals surface area contributed by atoms with Crippen LogP contribution in [0.15, 0.2) is 48.5 Å². The number of hydrogen-bond donors (Lipinski definition) is 2. The number of carbonyl (C=O) groups excluding carboxylic acids is 3. The van der Waals surface area contributed by atoms with Crippen molar-refractivity contribution in [3.8, 4) is 0 Å². The predicted octanol–water partition coefficient (Wildman–Crippen LogP) is 5.91. The van der Waals surface area contributed by atoms with Crippen LogP contribution in [0.3, 0.4) is 0 Å². The van der Waals surface area contributed by atoms with Crippen LogP contribution < -0.4 is 10.6 Å². The number of aryl methyl sites for hydroxylation is 2. The maximum Gasteiger partial charge on any atom is 0.408 e. The van der Waals surface area contributed by atoms with Crippen LogP contribution in [0.2, 0.25) is 0 Å². The topological polar surface area (TPSA) is 87.7 Å². The highest BCUT2D eigenvalue weighted by Gasteiger charge is 2.45. The van der Waals surface area contributed by atoms with Crippen molar-refractivity contribution in [2.75, 3.05) is 5.32 Å². The fraction of sp³-hybridized carbons (Fsp3) is 0.500. The molecule has 3 unspecified atom stereocenters. The molecule has 1 saturated carbocycles. The summed E-state index contributed by atoms with van der Waals surface area (Å²) in [5.74, 6) is -0.703. The molecule has 3 rings (SSSR count). The first-order chi connectivity index (χ1) is 17.4. The number of ether oxygens (including phenoxy) is 1. The number of hydrogen-bond acceptors (Lipinski definition) is 4. The molecule has 200 valence electrons. The fourth-order valence-electron chi connectivity index (χ4n) is 4.25. The summed E-state index contributed by atoms with van der Waals surface area (Å²) in [5, 5.41) is 5.87.